The Kier molecular flexibility index (Phi) is 5.63. The molecule has 1 saturated carbocycles. The highest BCUT2D eigenvalue weighted by atomic mass is 32.2. The third-order valence-corrected chi connectivity index (χ3v) is 6.11. The van der Waals surface area contributed by atoms with E-state index in [2.05, 4.69) is 44.7 Å². The van der Waals surface area contributed by atoms with Crippen molar-refractivity contribution < 1.29 is 4.79 Å². The number of carbonyl (C=O) groups excluding carboxylic acids is 1. The van der Waals surface area contributed by atoms with Crippen molar-refractivity contribution in [1.82, 2.24) is 25.1 Å². The zero-order valence-electron chi connectivity index (χ0n) is 15.4. The number of likely N-dealkylation sites (tertiary alicyclic amines) is 1. The Morgan fingerprint density at radius 3 is 2.59 bits per heavy atom. The van der Waals surface area contributed by atoms with E-state index in [0.717, 1.165) is 51.1 Å². The van der Waals surface area contributed by atoms with Crippen LogP contribution in [0.25, 0.3) is 0 Å². The maximum absolute atomic E-state index is 12.3. The number of nitrogens with zero attached hydrogens (tertiary/aromatic N) is 4. The van der Waals surface area contributed by atoms with Gasteiger partial charge in [-0.05, 0) is 31.2 Å². The average Bonchev–Trinajstić information content (AvgIpc) is 3.46. The summed E-state index contributed by atoms with van der Waals surface area (Å²) in [7, 11) is 0. The summed E-state index contributed by atoms with van der Waals surface area (Å²) in [5, 5.41) is 12.0. The Bertz CT molecular complexity index is 768. The van der Waals surface area contributed by atoms with Crippen LogP contribution < -0.4 is 11.2 Å². The molecular formula is C19H26N6OS. The van der Waals surface area contributed by atoms with Gasteiger partial charge in [-0.15, -0.1) is 10.2 Å². The van der Waals surface area contributed by atoms with E-state index >= 15 is 0 Å². The Balaban J connectivity index is 1.18. The van der Waals surface area contributed by atoms with Gasteiger partial charge in [0, 0.05) is 31.6 Å². The van der Waals surface area contributed by atoms with Crippen molar-refractivity contribution in [2.45, 2.75) is 49.3 Å². The average molecular weight is 387 g/mol. The van der Waals surface area contributed by atoms with Crippen molar-refractivity contribution >= 4 is 17.7 Å². The molecule has 1 aromatic heterocycles. The van der Waals surface area contributed by atoms with Gasteiger partial charge in [-0.1, -0.05) is 42.1 Å². The first-order valence-electron chi connectivity index (χ1n) is 9.58. The predicted molar refractivity (Wildman–Crippen MR) is 106 cm³/mol. The van der Waals surface area contributed by atoms with Crippen LogP contribution in [0.3, 0.4) is 0 Å². The van der Waals surface area contributed by atoms with Crippen molar-refractivity contribution in [3.05, 3.63) is 41.7 Å². The van der Waals surface area contributed by atoms with E-state index in [1.807, 2.05) is 6.07 Å². The zero-order chi connectivity index (χ0) is 18.6. The molecule has 1 aliphatic carbocycles. The molecule has 1 amide bonds. The number of carbonyl (C=O) groups is 1. The fraction of sp³-hybridized carbons (Fsp3) is 0.526. The van der Waals surface area contributed by atoms with Crippen LogP contribution in [0.15, 0.2) is 35.5 Å². The van der Waals surface area contributed by atoms with Gasteiger partial charge >= 0.3 is 0 Å². The van der Waals surface area contributed by atoms with Gasteiger partial charge in [-0.25, -0.2) is 4.68 Å². The molecule has 27 heavy (non-hydrogen) atoms. The fourth-order valence-electron chi connectivity index (χ4n) is 3.48. The molecule has 2 aliphatic rings. The molecule has 7 nitrogen and oxygen atoms in total. The number of hydrogen-bond acceptors (Lipinski definition) is 6. The standard InChI is InChI=1S/C19H26N6OS/c20-25-18(15-6-7-15)22-23-19(25)27-13-17(26)21-16-8-10-24(11-9-16)12-14-4-2-1-3-5-14/h1-5,15-16H,6-13,20H2,(H,21,26). The maximum atomic E-state index is 12.3. The van der Waals surface area contributed by atoms with E-state index in [-0.39, 0.29) is 11.9 Å². The highest BCUT2D eigenvalue weighted by Crippen LogP contribution is 2.39. The van der Waals surface area contributed by atoms with Gasteiger partial charge in [0.2, 0.25) is 11.1 Å². The minimum Gasteiger partial charge on any atom is -0.353 e. The maximum Gasteiger partial charge on any atom is 0.230 e. The highest BCUT2D eigenvalue weighted by molar-refractivity contribution is 7.99. The molecule has 2 aromatic rings. The predicted octanol–water partition coefficient (Wildman–Crippen LogP) is 1.74. The first-order chi connectivity index (χ1) is 13.2. The quantitative estimate of drug-likeness (QED) is 0.557. The summed E-state index contributed by atoms with van der Waals surface area (Å²) in [6.07, 6.45) is 4.23. The molecule has 2 fully saturated rings. The van der Waals surface area contributed by atoms with Crippen LogP contribution >= 0.6 is 11.8 Å². The second-order valence-corrected chi connectivity index (χ2v) is 8.32. The van der Waals surface area contributed by atoms with Crippen LogP contribution in [0.4, 0.5) is 0 Å². The van der Waals surface area contributed by atoms with E-state index in [4.69, 9.17) is 5.84 Å². The summed E-state index contributed by atoms with van der Waals surface area (Å²) >= 11 is 1.35. The van der Waals surface area contributed by atoms with Crippen molar-refractivity contribution in [2.75, 3.05) is 24.7 Å². The van der Waals surface area contributed by atoms with E-state index in [1.54, 1.807) is 0 Å². The Labute approximate surface area is 163 Å². The molecule has 0 bridgehead atoms. The first-order valence-corrected chi connectivity index (χ1v) is 10.6. The number of hydrogen-bond donors (Lipinski definition) is 2. The lowest BCUT2D eigenvalue weighted by Crippen LogP contribution is -2.44. The van der Waals surface area contributed by atoms with Crippen LogP contribution in [0.1, 0.15) is 43.0 Å². The number of nitrogens with two attached hydrogens (primary N) is 1. The van der Waals surface area contributed by atoms with Crippen molar-refractivity contribution in [2.24, 2.45) is 0 Å². The first kappa shape index (κ1) is 18.3. The molecule has 144 valence electrons. The minimum atomic E-state index is 0.0393. The van der Waals surface area contributed by atoms with Gasteiger partial charge in [0.1, 0.15) is 0 Å². The van der Waals surface area contributed by atoms with Gasteiger partial charge in [0.15, 0.2) is 5.82 Å². The SMILES string of the molecule is Nn1c(SCC(=O)NC2CCN(Cc3ccccc3)CC2)nnc1C1CC1. The van der Waals surface area contributed by atoms with E-state index in [0.29, 0.717) is 16.8 Å². The minimum absolute atomic E-state index is 0.0393. The molecule has 1 aliphatic heterocycles. The topological polar surface area (TPSA) is 89.1 Å². The molecule has 3 N–H and O–H groups in total. The van der Waals surface area contributed by atoms with Gasteiger partial charge < -0.3 is 11.2 Å². The smallest absolute Gasteiger partial charge is 0.230 e. The van der Waals surface area contributed by atoms with E-state index in [9.17, 15) is 4.79 Å². The van der Waals surface area contributed by atoms with Crippen LogP contribution in [0.5, 0.6) is 0 Å². The molecule has 0 atom stereocenters. The van der Waals surface area contributed by atoms with Crippen molar-refractivity contribution in [3.63, 3.8) is 0 Å². The summed E-state index contributed by atoms with van der Waals surface area (Å²) in [4.78, 5) is 14.7. The van der Waals surface area contributed by atoms with Gasteiger partial charge in [-0.3, -0.25) is 9.69 Å². The lowest BCUT2D eigenvalue weighted by Gasteiger charge is -2.32. The Morgan fingerprint density at radius 1 is 1.15 bits per heavy atom. The normalized spacial score (nSPS) is 18.5. The third kappa shape index (κ3) is 4.81. The van der Waals surface area contributed by atoms with Crippen LogP contribution in [0.2, 0.25) is 0 Å². The second kappa shape index (κ2) is 8.31. The summed E-state index contributed by atoms with van der Waals surface area (Å²) in [6, 6.07) is 10.8. The number of piperidine rings is 1. The molecule has 8 heteroatoms. The number of amides is 1. The lowest BCUT2D eigenvalue weighted by molar-refractivity contribution is -0.119. The molecule has 1 aromatic carbocycles. The van der Waals surface area contributed by atoms with Gasteiger partial charge in [0.05, 0.1) is 5.75 Å². The molecule has 4 rings (SSSR count). The van der Waals surface area contributed by atoms with Crippen LogP contribution in [0, 0.1) is 0 Å². The number of benzene rings is 1. The lowest BCUT2D eigenvalue weighted by atomic mass is 10.0. The highest BCUT2D eigenvalue weighted by Gasteiger charge is 2.30. The number of nitrogen functional groups attached to an aromatic ring is 1. The summed E-state index contributed by atoms with van der Waals surface area (Å²) in [5.74, 6) is 7.68. The second-order valence-electron chi connectivity index (χ2n) is 7.38. The van der Waals surface area contributed by atoms with Crippen molar-refractivity contribution in [1.29, 1.82) is 0 Å². The van der Waals surface area contributed by atoms with E-state index < -0.39 is 0 Å². The molecule has 2 heterocycles. The van der Waals surface area contributed by atoms with E-state index in [1.165, 1.54) is 22.0 Å². The Morgan fingerprint density at radius 2 is 1.89 bits per heavy atom. The molecular weight excluding hydrogens is 360 g/mol. The number of thioether (sulfide) groups is 1. The zero-order valence-corrected chi connectivity index (χ0v) is 16.2. The van der Waals surface area contributed by atoms with Gasteiger partial charge in [-0.2, -0.15) is 0 Å². The number of rotatable bonds is 7. The summed E-state index contributed by atoms with van der Waals surface area (Å²) in [5.41, 5.74) is 1.34. The van der Waals surface area contributed by atoms with Crippen LogP contribution in [-0.4, -0.2) is 50.6 Å². The molecule has 0 spiro atoms. The molecule has 0 radical (unpaired) electrons. The van der Waals surface area contributed by atoms with Gasteiger partial charge in [0.25, 0.3) is 0 Å². The summed E-state index contributed by atoms with van der Waals surface area (Å²) in [6.45, 7) is 3.00. The molecule has 0 unspecified atom stereocenters. The fourth-order valence-corrected chi connectivity index (χ4v) is 4.16. The number of aromatic nitrogens is 3. The van der Waals surface area contributed by atoms with Crippen molar-refractivity contribution in [3.8, 4) is 0 Å². The largest absolute Gasteiger partial charge is 0.353 e. The molecule has 1 saturated heterocycles. The monoisotopic (exact) mass is 386 g/mol. The van der Waals surface area contributed by atoms with Crippen LogP contribution in [-0.2, 0) is 11.3 Å². The third-order valence-electron chi connectivity index (χ3n) is 5.17. The number of nitrogens with one attached hydrogen (secondary N) is 1. The Hall–Kier alpha value is -2.06. The summed E-state index contributed by atoms with van der Waals surface area (Å²) < 4.78 is 1.54.